The van der Waals surface area contributed by atoms with Crippen LogP contribution in [0.25, 0.3) is 5.52 Å². The molecular formula is C18H22N2O. The predicted molar refractivity (Wildman–Crippen MR) is 81.1 cm³/mol. The Morgan fingerprint density at radius 1 is 1.14 bits per heavy atom. The number of hydrogen-bond donors (Lipinski definition) is 1. The summed E-state index contributed by atoms with van der Waals surface area (Å²) in [6.07, 6.45) is 11.3. The maximum atomic E-state index is 11.2. The highest BCUT2D eigenvalue weighted by atomic mass is 16.3. The highest BCUT2D eigenvalue weighted by molar-refractivity contribution is 5.50. The van der Waals surface area contributed by atoms with Crippen LogP contribution in [-0.2, 0) is 0 Å². The highest BCUT2D eigenvalue weighted by Crippen LogP contribution is 2.54. The first-order chi connectivity index (χ1) is 10.3. The van der Waals surface area contributed by atoms with Gasteiger partial charge in [-0.1, -0.05) is 12.5 Å². The normalized spacial score (nSPS) is 32.9. The van der Waals surface area contributed by atoms with Crippen molar-refractivity contribution >= 4 is 5.52 Å². The molecule has 3 aliphatic carbocycles. The summed E-state index contributed by atoms with van der Waals surface area (Å²) in [7, 11) is 0. The summed E-state index contributed by atoms with van der Waals surface area (Å²) in [4.78, 5) is 4.29. The molecule has 0 aliphatic heterocycles. The molecule has 0 saturated heterocycles. The molecule has 3 heteroatoms. The molecule has 2 bridgehead atoms. The fourth-order valence-electron chi connectivity index (χ4n) is 4.97. The average Bonchev–Trinajstić information content (AvgIpc) is 2.93. The standard InChI is InChI=1S/C18H22N2O/c21-18(16-8-11-1-2-13(16)7-11)17-15(12-3-4-12)6-5-14-9-19-10-20(14)17/h5-6,9-13,16,18,21H,1-4,7-8H2/t11?,13-,16?,18-/m0/s1. The summed E-state index contributed by atoms with van der Waals surface area (Å²) in [6, 6.07) is 4.39. The summed E-state index contributed by atoms with van der Waals surface area (Å²) in [5.74, 6) is 2.76. The Labute approximate surface area is 125 Å². The zero-order chi connectivity index (χ0) is 14.0. The lowest BCUT2D eigenvalue weighted by Gasteiger charge is -2.29. The third kappa shape index (κ3) is 1.80. The first-order valence-electron chi connectivity index (χ1n) is 8.44. The number of rotatable bonds is 3. The first-order valence-corrected chi connectivity index (χ1v) is 8.44. The van der Waals surface area contributed by atoms with Gasteiger partial charge in [-0.2, -0.15) is 0 Å². The van der Waals surface area contributed by atoms with Crippen LogP contribution >= 0.6 is 0 Å². The first kappa shape index (κ1) is 12.2. The van der Waals surface area contributed by atoms with Crippen molar-refractivity contribution in [2.75, 3.05) is 0 Å². The van der Waals surface area contributed by atoms with Gasteiger partial charge >= 0.3 is 0 Å². The van der Waals surface area contributed by atoms with Crippen molar-refractivity contribution in [3.05, 3.63) is 35.9 Å². The number of aromatic nitrogens is 2. The largest absolute Gasteiger partial charge is 0.387 e. The monoisotopic (exact) mass is 282 g/mol. The fraction of sp³-hybridized carbons (Fsp3) is 0.611. The Morgan fingerprint density at radius 3 is 2.76 bits per heavy atom. The Hall–Kier alpha value is -1.35. The van der Waals surface area contributed by atoms with E-state index >= 15 is 0 Å². The van der Waals surface area contributed by atoms with Crippen molar-refractivity contribution in [3.63, 3.8) is 0 Å². The number of aliphatic hydroxyl groups excluding tert-OH is 1. The van der Waals surface area contributed by atoms with Crippen LogP contribution in [0.5, 0.6) is 0 Å². The number of pyridine rings is 1. The smallest absolute Gasteiger partial charge is 0.0995 e. The number of nitrogens with zero attached hydrogens (tertiary/aromatic N) is 2. The lowest BCUT2D eigenvalue weighted by atomic mass is 9.82. The van der Waals surface area contributed by atoms with Crippen molar-refractivity contribution in [3.8, 4) is 0 Å². The number of hydrogen-bond acceptors (Lipinski definition) is 2. The second-order valence-electron chi connectivity index (χ2n) is 7.42. The minimum Gasteiger partial charge on any atom is -0.387 e. The van der Waals surface area contributed by atoms with Gasteiger partial charge < -0.3 is 9.51 Å². The Bertz CT molecular complexity index is 688. The van der Waals surface area contributed by atoms with E-state index in [0.717, 1.165) is 23.0 Å². The molecule has 110 valence electrons. The average molecular weight is 282 g/mol. The van der Waals surface area contributed by atoms with Gasteiger partial charge in [-0.05, 0) is 67.4 Å². The van der Waals surface area contributed by atoms with Gasteiger partial charge in [-0.15, -0.1) is 0 Å². The summed E-state index contributed by atoms with van der Waals surface area (Å²) in [6.45, 7) is 0. The van der Waals surface area contributed by atoms with E-state index < -0.39 is 0 Å². The number of fused-ring (bicyclic) bond motifs is 3. The fourth-order valence-corrected chi connectivity index (χ4v) is 4.97. The summed E-state index contributed by atoms with van der Waals surface area (Å²) in [5.41, 5.74) is 3.62. The second kappa shape index (κ2) is 4.33. The van der Waals surface area contributed by atoms with Crippen LogP contribution in [0.15, 0.2) is 24.7 Å². The molecule has 0 amide bonds. The molecule has 0 radical (unpaired) electrons. The molecule has 5 rings (SSSR count). The third-order valence-electron chi connectivity index (χ3n) is 6.15. The molecule has 2 heterocycles. The van der Waals surface area contributed by atoms with Crippen molar-refractivity contribution in [2.24, 2.45) is 17.8 Å². The van der Waals surface area contributed by atoms with Gasteiger partial charge in [0.1, 0.15) is 0 Å². The highest BCUT2D eigenvalue weighted by Gasteiger charge is 2.44. The van der Waals surface area contributed by atoms with E-state index in [1.165, 1.54) is 44.1 Å². The van der Waals surface area contributed by atoms with Gasteiger partial charge in [0.2, 0.25) is 0 Å². The lowest BCUT2D eigenvalue weighted by molar-refractivity contribution is 0.0691. The van der Waals surface area contributed by atoms with Crippen LogP contribution in [-0.4, -0.2) is 14.5 Å². The molecule has 1 N–H and O–H groups in total. The van der Waals surface area contributed by atoms with E-state index in [1.807, 2.05) is 12.5 Å². The zero-order valence-corrected chi connectivity index (χ0v) is 12.3. The van der Waals surface area contributed by atoms with Crippen molar-refractivity contribution < 1.29 is 5.11 Å². The van der Waals surface area contributed by atoms with Crippen LogP contribution in [0.3, 0.4) is 0 Å². The third-order valence-corrected chi connectivity index (χ3v) is 6.15. The molecule has 3 fully saturated rings. The van der Waals surface area contributed by atoms with E-state index in [1.54, 1.807) is 0 Å². The predicted octanol–water partition coefficient (Wildman–Crippen LogP) is 3.68. The summed E-state index contributed by atoms with van der Waals surface area (Å²) < 4.78 is 2.14. The SMILES string of the molecule is O[C@H](c1c(C2CC2)ccc2cncn12)C1CC2CC[C@H]1C2. The Kier molecular flexibility index (Phi) is 2.52. The van der Waals surface area contributed by atoms with Crippen LogP contribution < -0.4 is 0 Å². The van der Waals surface area contributed by atoms with E-state index in [2.05, 4.69) is 21.5 Å². The van der Waals surface area contributed by atoms with Crippen LogP contribution in [0.4, 0.5) is 0 Å². The molecule has 2 aromatic heterocycles. The summed E-state index contributed by atoms with van der Waals surface area (Å²) >= 11 is 0. The molecule has 2 unspecified atom stereocenters. The topological polar surface area (TPSA) is 37.5 Å². The number of aliphatic hydroxyl groups is 1. The zero-order valence-electron chi connectivity index (χ0n) is 12.3. The molecule has 3 nitrogen and oxygen atoms in total. The van der Waals surface area contributed by atoms with E-state index in [-0.39, 0.29) is 6.10 Å². The molecule has 3 aliphatic rings. The number of imidazole rings is 1. The van der Waals surface area contributed by atoms with Gasteiger partial charge in [-0.25, -0.2) is 4.98 Å². The van der Waals surface area contributed by atoms with Gasteiger partial charge in [0.15, 0.2) is 0 Å². The van der Waals surface area contributed by atoms with E-state index in [9.17, 15) is 5.11 Å². The molecular weight excluding hydrogens is 260 g/mol. The minimum absolute atomic E-state index is 0.311. The maximum absolute atomic E-state index is 11.2. The van der Waals surface area contributed by atoms with Crippen molar-refractivity contribution in [1.29, 1.82) is 0 Å². The van der Waals surface area contributed by atoms with Crippen molar-refractivity contribution in [1.82, 2.24) is 9.38 Å². The minimum atomic E-state index is -0.311. The van der Waals surface area contributed by atoms with Gasteiger partial charge in [0.05, 0.1) is 29.8 Å². The van der Waals surface area contributed by atoms with Crippen LogP contribution in [0.2, 0.25) is 0 Å². The molecule has 21 heavy (non-hydrogen) atoms. The molecule has 4 atom stereocenters. The molecule has 0 spiro atoms. The van der Waals surface area contributed by atoms with Gasteiger partial charge in [-0.3, -0.25) is 0 Å². The molecule has 0 aromatic carbocycles. The molecule has 3 saturated carbocycles. The second-order valence-corrected chi connectivity index (χ2v) is 7.42. The van der Waals surface area contributed by atoms with Crippen LogP contribution in [0.1, 0.15) is 61.8 Å². The lowest BCUT2D eigenvalue weighted by Crippen LogP contribution is -2.22. The quantitative estimate of drug-likeness (QED) is 0.932. The van der Waals surface area contributed by atoms with Crippen LogP contribution in [0, 0.1) is 17.8 Å². The Morgan fingerprint density at radius 2 is 2.05 bits per heavy atom. The van der Waals surface area contributed by atoms with Gasteiger partial charge in [0, 0.05) is 0 Å². The van der Waals surface area contributed by atoms with Crippen molar-refractivity contribution in [2.45, 2.75) is 50.5 Å². The van der Waals surface area contributed by atoms with E-state index in [4.69, 9.17) is 0 Å². The summed E-state index contributed by atoms with van der Waals surface area (Å²) in [5, 5.41) is 11.2. The Balaban J connectivity index is 1.61. The molecule has 2 aromatic rings. The van der Waals surface area contributed by atoms with Gasteiger partial charge in [0.25, 0.3) is 0 Å². The van der Waals surface area contributed by atoms with E-state index in [0.29, 0.717) is 11.8 Å². The maximum Gasteiger partial charge on any atom is 0.0995 e.